The number of nitrogens with zero attached hydrogens (tertiary/aromatic N) is 4. The van der Waals surface area contributed by atoms with Crippen molar-refractivity contribution in [2.24, 2.45) is 0 Å². The number of hydrogen-bond donors (Lipinski definition) is 2. The van der Waals surface area contributed by atoms with Gasteiger partial charge in [0, 0.05) is 22.2 Å². The predicted octanol–water partition coefficient (Wildman–Crippen LogP) is 9.58. The smallest absolute Gasteiger partial charge is 0.137 e. The molecule has 0 fully saturated rings. The molecule has 0 unspecified atom stereocenters. The summed E-state index contributed by atoms with van der Waals surface area (Å²) in [6.07, 6.45) is 5.64. The topological polar surface area (TPSA) is 74.4 Å². The fourth-order valence-corrected chi connectivity index (χ4v) is 5.29. The molecule has 6 heteroatoms. The molecular weight excluding hydrogens is 568 g/mol. The number of allylic oxidation sites excluding steroid dienone is 1. The van der Waals surface area contributed by atoms with Gasteiger partial charge in [-0.05, 0) is 108 Å². The van der Waals surface area contributed by atoms with Crippen LogP contribution < -0.4 is 4.90 Å². The Morgan fingerprint density at radius 2 is 1.28 bits per heavy atom. The maximum Gasteiger partial charge on any atom is 0.137 e. The van der Waals surface area contributed by atoms with Crippen LogP contribution in [0.25, 0.3) is 28.0 Å². The Hall–Kier alpha value is -4.26. The number of imidazole rings is 1. The largest absolute Gasteiger partial charge is 0.371 e. The number of hydrogen-bond acceptors (Lipinski definition) is 5. The van der Waals surface area contributed by atoms with Crippen LogP contribution >= 0.6 is 0 Å². The third kappa shape index (κ3) is 8.51. The Bertz CT molecular complexity index is 1860. The van der Waals surface area contributed by atoms with E-state index in [1.165, 1.54) is 22.1 Å². The summed E-state index contributed by atoms with van der Waals surface area (Å²) in [6.45, 7) is 23.7. The molecule has 0 radical (unpaired) electrons. The van der Waals surface area contributed by atoms with E-state index in [9.17, 15) is 10.2 Å². The molecule has 1 aliphatic heterocycles. The van der Waals surface area contributed by atoms with Gasteiger partial charge in [0.1, 0.15) is 11.4 Å². The van der Waals surface area contributed by atoms with Crippen LogP contribution in [0, 0.1) is 20.8 Å². The lowest BCUT2D eigenvalue weighted by Crippen LogP contribution is -2.43. The molecule has 0 saturated heterocycles. The molecule has 3 aromatic carbocycles. The SMILES string of the molecule is C.C=C1C=Cc2cc(C)ccc2N1C(C)(C)O.Cc1ccc2c(c1)ncn2C(C)(C)O.Cc1ccc2nc(C(C)(C)C)ccc2c1. The van der Waals surface area contributed by atoms with Crippen LogP contribution in [-0.2, 0) is 11.1 Å². The van der Waals surface area contributed by atoms with E-state index in [0.717, 1.165) is 39.2 Å². The van der Waals surface area contributed by atoms with Crippen molar-refractivity contribution in [3.63, 3.8) is 0 Å². The Morgan fingerprint density at radius 3 is 1.91 bits per heavy atom. The maximum absolute atomic E-state index is 10.2. The number of anilines is 1. The molecule has 0 aliphatic carbocycles. The minimum Gasteiger partial charge on any atom is -0.371 e. The number of fused-ring (bicyclic) bond motifs is 3. The van der Waals surface area contributed by atoms with Gasteiger partial charge in [0.25, 0.3) is 0 Å². The highest BCUT2D eigenvalue weighted by Gasteiger charge is 2.28. The summed E-state index contributed by atoms with van der Waals surface area (Å²) < 4.78 is 1.77. The quantitative estimate of drug-likeness (QED) is 0.206. The number of aromatic nitrogens is 3. The number of aliphatic hydroxyl groups is 2. The van der Waals surface area contributed by atoms with Crippen molar-refractivity contribution in [3.8, 4) is 0 Å². The third-order valence-corrected chi connectivity index (χ3v) is 7.62. The molecule has 6 nitrogen and oxygen atoms in total. The first-order valence-corrected chi connectivity index (χ1v) is 15.4. The maximum atomic E-state index is 10.2. The molecule has 46 heavy (non-hydrogen) atoms. The zero-order valence-electron chi connectivity index (χ0n) is 28.5. The van der Waals surface area contributed by atoms with Crippen LogP contribution in [0.4, 0.5) is 5.69 Å². The lowest BCUT2D eigenvalue weighted by molar-refractivity contribution is 0.00569. The highest BCUT2D eigenvalue weighted by molar-refractivity contribution is 5.80. The molecule has 244 valence electrons. The summed E-state index contributed by atoms with van der Waals surface area (Å²) in [5.41, 5.74) is 9.03. The summed E-state index contributed by atoms with van der Waals surface area (Å²) >= 11 is 0. The summed E-state index contributed by atoms with van der Waals surface area (Å²) in [6, 6.07) is 22.9. The Kier molecular flexibility index (Phi) is 10.7. The average Bonchev–Trinajstić information content (AvgIpc) is 3.36. The summed E-state index contributed by atoms with van der Waals surface area (Å²) in [4.78, 5) is 10.8. The van der Waals surface area contributed by atoms with E-state index < -0.39 is 11.4 Å². The highest BCUT2D eigenvalue weighted by Crippen LogP contribution is 2.35. The van der Waals surface area contributed by atoms with Gasteiger partial charge in [-0.2, -0.15) is 0 Å². The van der Waals surface area contributed by atoms with Crippen molar-refractivity contribution < 1.29 is 10.2 Å². The van der Waals surface area contributed by atoms with Crippen molar-refractivity contribution in [2.45, 2.75) is 93.5 Å². The molecule has 0 bridgehead atoms. The lowest BCUT2D eigenvalue weighted by atomic mass is 9.91. The van der Waals surface area contributed by atoms with Gasteiger partial charge in [0.05, 0.1) is 28.6 Å². The fourth-order valence-electron chi connectivity index (χ4n) is 5.29. The van der Waals surface area contributed by atoms with E-state index >= 15 is 0 Å². The van der Waals surface area contributed by atoms with Crippen LogP contribution in [0.15, 0.2) is 91.4 Å². The van der Waals surface area contributed by atoms with Gasteiger partial charge in [-0.25, -0.2) is 4.98 Å². The van der Waals surface area contributed by atoms with Crippen LogP contribution in [0.5, 0.6) is 0 Å². The zero-order chi connectivity index (χ0) is 33.3. The van der Waals surface area contributed by atoms with Gasteiger partial charge in [-0.15, -0.1) is 0 Å². The van der Waals surface area contributed by atoms with E-state index in [2.05, 4.69) is 87.6 Å². The highest BCUT2D eigenvalue weighted by atomic mass is 16.3. The van der Waals surface area contributed by atoms with E-state index in [0.29, 0.717) is 0 Å². The van der Waals surface area contributed by atoms with Crippen molar-refractivity contribution in [1.82, 2.24) is 14.5 Å². The second kappa shape index (κ2) is 13.6. The van der Waals surface area contributed by atoms with Gasteiger partial charge in [-0.3, -0.25) is 4.98 Å². The first-order valence-electron chi connectivity index (χ1n) is 15.4. The monoisotopic (exact) mass is 620 g/mol. The molecule has 5 aromatic rings. The van der Waals surface area contributed by atoms with Gasteiger partial charge >= 0.3 is 0 Å². The van der Waals surface area contributed by atoms with E-state index in [1.807, 2.05) is 54.3 Å². The van der Waals surface area contributed by atoms with E-state index in [-0.39, 0.29) is 12.8 Å². The Balaban J connectivity index is 0.000000186. The van der Waals surface area contributed by atoms with Crippen molar-refractivity contribution in [3.05, 3.63) is 119 Å². The third-order valence-electron chi connectivity index (χ3n) is 7.62. The van der Waals surface area contributed by atoms with Crippen molar-refractivity contribution in [1.29, 1.82) is 0 Å². The lowest BCUT2D eigenvalue weighted by Gasteiger charge is -2.39. The minimum atomic E-state index is -0.939. The zero-order valence-corrected chi connectivity index (χ0v) is 28.5. The molecule has 0 spiro atoms. The second-order valence-corrected chi connectivity index (χ2v) is 14.0. The fraction of sp³-hybridized carbons (Fsp3) is 0.350. The standard InChI is InChI=1S/C14H17NO.C14H17N.C11H14N2O.CH4/c1-10-5-8-13-12(9-10)7-6-11(2)15(13)14(3,4)16;1-10-5-7-12-11(9-10)6-8-13(15-12)14(2,3)4;1-8-4-5-10-9(6-8)12-7-13(10)11(2,3)14;/h5-9,16H,2H2,1,3-4H3;5-9H,1-4H3;4-7,14H,1-3H3;1H4. The van der Waals surface area contributed by atoms with Gasteiger partial charge in [-0.1, -0.05) is 76.2 Å². The Labute approximate surface area is 275 Å². The molecule has 0 saturated carbocycles. The van der Waals surface area contributed by atoms with E-state index in [1.54, 1.807) is 38.6 Å². The molecule has 0 atom stereocenters. The minimum absolute atomic E-state index is 0. The summed E-state index contributed by atoms with van der Waals surface area (Å²) in [7, 11) is 0. The van der Waals surface area contributed by atoms with Crippen LogP contribution in [-0.4, -0.2) is 30.5 Å². The van der Waals surface area contributed by atoms with Gasteiger partial charge in [0.2, 0.25) is 0 Å². The van der Waals surface area contributed by atoms with Crippen molar-refractivity contribution >= 4 is 33.7 Å². The first-order chi connectivity index (χ1) is 20.8. The first kappa shape index (κ1) is 36.2. The molecular formula is C40H52N4O2. The van der Waals surface area contributed by atoms with Crippen LogP contribution in [0.2, 0.25) is 0 Å². The summed E-state index contributed by atoms with van der Waals surface area (Å²) in [5, 5.41) is 21.3. The molecule has 2 aromatic heterocycles. The molecule has 1 aliphatic rings. The number of rotatable bonds is 2. The average molecular weight is 621 g/mol. The number of pyridine rings is 1. The van der Waals surface area contributed by atoms with E-state index in [4.69, 9.17) is 0 Å². The normalized spacial score (nSPS) is 13.0. The number of aryl methyl sites for hydroxylation is 3. The molecule has 6 rings (SSSR count). The van der Waals surface area contributed by atoms with Gasteiger partial charge < -0.3 is 19.7 Å². The molecule has 3 heterocycles. The van der Waals surface area contributed by atoms with Crippen molar-refractivity contribution in [2.75, 3.05) is 4.90 Å². The summed E-state index contributed by atoms with van der Waals surface area (Å²) in [5.74, 6) is 0. The Morgan fingerprint density at radius 1 is 0.674 bits per heavy atom. The number of benzene rings is 3. The van der Waals surface area contributed by atoms with Crippen LogP contribution in [0.3, 0.4) is 0 Å². The predicted molar refractivity (Wildman–Crippen MR) is 196 cm³/mol. The van der Waals surface area contributed by atoms with Gasteiger partial charge in [0.15, 0.2) is 0 Å². The molecule has 2 N–H and O–H groups in total. The molecule has 0 amide bonds. The second-order valence-electron chi connectivity index (χ2n) is 14.0. The van der Waals surface area contributed by atoms with Crippen LogP contribution in [0.1, 0.15) is 83.8 Å².